The van der Waals surface area contributed by atoms with E-state index >= 15 is 0 Å². The van der Waals surface area contributed by atoms with Crippen molar-refractivity contribution in [1.82, 2.24) is 4.98 Å². The van der Waals surface area contributed by atoms with Crippen molar-refractivity contribution >= 4 is 23.4 Å². The standard InChI is InChI=1S/C21H17F3N2OS/c1-14-10-16(21(22,23)24)12-17(11-14)26-20(27)18-4-2-3-5-19(18)28-13-15-6-8-25-9-7-15/h2-12H,13H2,1H3,(H,26,27). The Morgan fingerprint density at radius 2 is 1.79 bits per heavy atom. The molecule has 1 amide bonds. The van der Waals surface area contributed by atoms with Crippen LogP contribution in [0.4, 0.5) is 18.9 Å². The highest BCUT2D eigenvalue weighted by atomic mass is 32.2. The van der Waals surface area contributed by atoms with Gasteiger partial charge in [0.15, 0.2) is 0 Å². The summed E-state index contributed by atoms with van der Waals surface area (Å²) in [6, 6.07) is 14.3. The number of aryl methyl sites for hydroxylation is 1. The predicted molar refractivity (Wildman–Crippen MR) is 104 cm³/mol. The van der Waals surface area contributed by atoms with Crippen LogP contribution in [0.5, 0.6) is 0 Å². The van der Waals surface area contributed by atoms with Crippen LogP contribution >= 0.6 is 11.8 Å². The number of nitrogens with one attached hydrogen (secondary N) is 1. The second kappa shape index (κ2) is 8.48. The highest BCUT2D eigenvalue weighted by Gasteiger charge is 2.31. The van der Waals surface area contributed by atoms with Gasteiger partial charge in [-0.15, -0.1) is 11.8 Å². The number of hydrogen-bond acceptors (Lipinski definition) is 3. The summed E-state index contributed by atoms with van der Waals surface area (Å²) in [7, 11) is 0. The summed E-state index contributed by atoms with van der Waals surface area (Å²) < 4.78 is 39.0. The molecule has 0 spiro atoms. The molecular weight excluding hydrogens is 385 g/mol. The number of thioether (sulfide) groups is 1. The first-order chi connectivity index (χ1) is 13.3. The molecule has 1 heterocycles. The smallest absolute Gasteiger partial charge is 0.322 e. The van der Waals surface area contributed by atoms with Crippen molar-refractivity contribution < 1.29 is 18.0 Å². The first kappa shape index (κ1) is 19.9. The lowest BCUT2D eigenvalue weighted by Crippen LogP contribution is -2.14. The van der Waals surface area contributed by atoms with E-state index in [1.165, 1.54) is 17.8 Å². The van der Waals surface area contributed by atoms with E-state index in [9.17, 15) is 18.0 Å². The second-order valence-corrected chi connectivity index (χ2v) is 7.20. The number of amides is 1. The number of carbonyl (C=O) groups excluding carboxylic acids is 1. The van der Waals surface area contributed by atoms with Gasteiger partial charge in [-0.1, -0.05) is 12.1 Å². The average molecular weight is 402 g/mol. The number of halogens is 3. The molecule has 144 valence electrons. The summed E-state index contributed by atoms with van der Waals surface area (Å²) in [5.74, 6) is 0.201. The zero-order valence-electron chi connectivity index (χ0n) is 15.0. The summed E-state index contributed by atoms with van der Waals surface area (Å²) in [5.41, 5.74) is 1.22. The van der Waals surface area contributed by atoms with E-state index in [0.717, 1.165) is 22.6 Å². The van der Waals surface area contributed by atoms with Crippen LogP contribution in [0.25, 0.3) is 0 Å². The molecule has 0 saturated heterocycles. The fourth-order valence-corrected chi connectivity index (χ4v) is 3.64. The minimum Gasteiger partial charge on any atom is -0.322 e. The van der Waals surface area contributed by atoms with Gasteiger partial charge in [0, 0.05) is 28.7 Å². The lowest BCUT2D eigenvalue weighted by atomic mass is 10.1. The van der Waals surface area contributed by atoms with Crippen LogP contribution in [0.2, 0.25) is 0 Å². The Bertz CT molecular complexity index is 975. The van der Waals surface area contributed by atoms with E-state index in [-0.39, 0.29) is 5.69 Å². The topological polar surface area (TPSA) is 42.0 Å². The molecule has 28 heavy (non-hydrogen) atoms. The third-order valence-corrected chi connectivity index (χ3v) is 5.08. The van der Waals surface area contributed by atoms with Crippen LogP contribution in [0.15, 0.2) is 71.9 Å². The number of benzene rings is 2. The normalized spacial score (nSPS) is 11.3. The first-order valence-corrected chi connectivity index (χ1v) is 9.42. The maximum Gasteiger partial charge on any atom is 0.416 e. The Balaban J connectivity index is 1.79. The minimum absolute atomic E-state index is 0.117. The molecule has 7 heteroatoms. The van der Waals surface area contributed by atoms with Crippen molar-refractivity contribution in [3.8, 4) is 0 Å². The SMILES string of the molecule is Cc1cc(NC(=O)c2ccccc2SCc2ccncc2)cc(C(F)(F)F)c1. The summed E-state index contributed by atoms with van der Waals surface area (Å²) in [6.45, 7) is 1.56. The van der Waals surface area contributed by atoms with E-state index in [4.69, 9.17) is 0 Å². The molecular formula is C21H17F3N2OS. The zero-order valence-corrected chi connectivity index (χ0v) is 15.8. The summed E-state index contributed by atoms with van der Waals surface area (Å²) in [4.78, 5) is 17.4. The number of pyridine rings is 1. The molecule has 0 saturated carbocycles. The van der Waals surface area contributed by atoms with Crippen molar-refractivity contribution in [3.63, 3.8) is 0 Å². The van der Waals surface area contributed by atoms with Crippen molar-refractivity contribution in [2.24, 2.45) is 0 Å². The van der Waals surface area contributed by atoms with E-state index in [2.05, 4.69) is 10.3 Å². The Morgan fingerprint density at radius 3 is 2.50 bits per heavy atom. The van der Waals surface area contributed by atoms with Crippen molar-refractivity contribution in [2.75, 3.05) is 5.32 Å². The van der Waals surface area contributed by atoms with E-state index in [0.29, 0.717) is 16.9 Å². The molecule has 3 nitrogen and oxygen atoms in total. The van der Waals surface area contributed by atoms with Gasteiger partial charge in [-0.25, -0.2) is 0 Å². The van der Waals surface area contributed by atoms with Gasteiger partial charge in [0.2, 0.25) is 0 Å². The maximum absolute atomic E-state index is 13.0. The molecule has 3 aromatic rings. The molecule has 0 aliphatic heterocycles. The van der Waals surface area contributed by atoms with E-state index in [1.54, 1.807) is 31.5 Å². The predicted octanol–water partition coefficient (Wildman–Crippen LogP) is 5.95. The Labute approximate surface area is 165 Å². The fourth-order valence-electron chi connectivity index (χ4n) is 2.64. The molecule has 0 atom stereocenters. The Hall–Kier alpha value is -2.80. The number of nitrogens with zero attached hydrogens (tertiary/aromatic N) is 1. The van der Waals surface area contributed by atoms with Gasteiger partial charge >= 0.3 is 6.18 Å². The first-order valence-electron chi connectivity index (χ1n) is 8.44. The molecule has 1 aromatic heterocycles. The second-order valence-electron chi connectivity index (χ2n) is 6.18. The lowest BCUT2D eigenvalue weighted by molar-refractivity contribution is -0.137. The molecule has 0 aliphatic rings. The fraction of sp³-hybridized carbons (Fsp3) is 0.143. The Kier molecular flexibility index (Phi) is 6.04. The number of alkyl halides is 3. The minimum atomic E-state index is -4.47. The summed E-state index contributed by atoms with van der Waals surface area (Å²) >= 11 is 1.48. The van der Waals surface area contributed by atoms with Gasteiger partial charge in [-0.3, -0.25) is 9.78 Å². The van der Waals surface area contributed by atoms with Crippen molar-refractivity contribution in [3.05, 3.63) is 89.2 Å². The molecule has 0 fully saturated rings. The van der Waals surface area contributed by atoms with E-state index < -0.39 is 17.6 Å². The van der Waals surface area contributed by atoms with Crippen LogP contribution in [-0.4, -0.2) is 10.9 Å². The van der Waals surface area contributed by atoms with Gasteiger partial charge in [0.05, 0.1) is 11.1 Å². The van der Waals surface area contributed by atoms with Crippen LogP contribution in [0, 0.1) is 6.92 Å². The third kappa shape index (κ3) is 5.13. The maximum atomic E-state index is 13.0. The zero-order chi connectivity index (χ0) is 20.1. The number of carbonyl (C=O) groups is 1. The monoisotopic (exact) mass is 402 g/mol. The quantitative estimate of drug-likeness (QED) is 0.536. The summed E-state index contributed by atoms with van der Waals surface area (Å²) in [6.07, 6.45) is -1.07. The average Bonchev–Trinajstić information content (AvgIpc) is 2.66. The van der Waals surface area contributed by atoms with Gasteiger partial charge in [-0.05, 0) is 60.5 Å². The highest BCUT2D eigenvalue weighted by molar-refractivity contribution is 7.98. The molecule has 2 aromatic carbocycles. The van der Waals surface area contributed by atoms with Gasteiger partial charge in [-0.2, -0.15) is 13.2 Å². The van der Waals surface area contributed by atoms with Crippen LogP contribution in [-0.2, 0) is 11.9 Å². The van der Waals surface area contributed by atoms with Gasteiger partial charge in [0.1, 0.15) is 0 Å². The highest BCUT2D eigenvalue weighted by Crippen LogP contribution is 2.32. The van der Waals surface area contributed by atoms with E-state index in [1.807, 2.05) is 24.3 Å². The molecule has 1 N–H and O–H groups in total. The largest absolute Gasteiger partial charge is 0.416 e. The molecule has 0 bridgehead atoms. The number of rotatable bonds is 5. The van der Waals surface area contributed by atoms with Crippen molar-refractivity contribution in [2.45, 2.75) is 23.7 Å². The third-order valence-electron chi connectivity index (χ3n) is 3.94. The van der Waals surface area contributed by atoms with Crippen molar-refractivity contribution in [1.29, 1.82) is 0 Å². The lowest BCUT2D eigenvalue weighted by Gasteiger charge is -2.13. The molecule has 0 radical (unpaired) electrons. The number of aromatic nitrogens is 1. The number of anilines is 1. The van der Waals surface area contributed by atoms with Crippen LogP contribution in [0.1, 0.15) is 27.0 Å². The van der Waals surface area contributed by atoms with Gasteiger partial charge < -0.3 is 5.32 Å². The molecule has 3 rings (SSSR count). The Morgan fingerprint density at radius 1 is 1.07 bits per heavy atom. The van der Waals surface area contributed by atoms with Gasteiger partial charge in [0.25, 0.3) is 5.91 Å². The van der Waals surface area contributed by atoms with Crippen LogP contribution < -0.4 is 5.32 Å². The number of hydrogen-bond donors (Lipinski definition) is 1. The van der Waals surface area contributed by atoms with Crippen LogP contribution in [0.3, 0.4) is 0 Å². The molecule has 0 aliphatic carbocycles. The summed E-state index contributed by atoms with van der Waals surface area (Å²) in [5, 5.41) is 2.59. The molecule has 0 unspecified atom stereocenters.